The molecule has 0 saturated heterocycles. The van der Waals surface area contributed by atoms with Gasteiger partial charge >= 0.3 is 0 Å². The van der Waals surface area contributed by atoms with Crippen LogP contribution in [0.2, 0.25) is 18.1 Å². The van der Waals surface area contributed by atoms with Crippen molar-refractivity contribution in [1.29, 1.82) is 0 Å². The highest BCUT2D eigenvalue weighted by atomic mass is 28.4. The first-order valence-electron chi connectivity index (χ1n) is 8.23. The van der Waals surface area contributed by atoms with Crippen LogP contribution in [0, 0.1) is 0 Å². The van der Waals surface area contributed by atoms with E-state index >= 15 is 0 Å². The van der Waals surface area contributed by atoms with Gasteiger partial charge in [-0.15, -0.1) is 0 Å². The standard InChI is InChI=1S/C19H32O2Si/c1-19(2,3)22(4,5)21-15-11-7-10-14-18(20)16-17-12-8-6-9-13-17/h6-10,12-13,18,20H,11,14-16H2,1-5H3/b10-7+. The Morgan fingerprint density at radius 2 is 1.77 bits per heavy atom. The van der Waals surface area contributed by atoms with Gasteiger partial charge in [0.1, 0.15) is 0 Å². The molecule has 124 valence electrons. The molecular weight excluding hydrogens is 288 g/mol. The molecule has 1 aromatic carbocycles. The topological polar surface area (TPSA) is 29.5 Å². The first-order valence-corrected chi connectivity index (χ1v) is 11.1. The Morgan fingerprint density at radius 3 is 2.36 bits per heavy atom. The number of aliphatic hydroxyl groups is 1. The zero-order valence-corrected chi connectivity index (χ0v) is 15.8. The van der Waals surface area contributed by atoms with Gasteiger partial charge in [0.15, 0.2) is 8.32 Å². The molecule has 0 radical (unpaired) electrons. The summed E-state index contributed by atoms with van der Waals surface area (Å²) in [6.07, 6.45) is 6.23. The van der Waals surface area contributed by atoms with E-state index in [1.54, 1.807) is 0 Å². The maximum absolute atomic E-state index is 10.0. The van der Waals surface area contributed by atoms with Crippen LogP contribution in [0.5, 0.6) is 0 Å². The number of rotatable bonds is 8. The molecule has 0 aromatic heterocycles. The molecule has 3 heteroatoms. The van der Waals surface area contributed by atoms with E-state index in [1.165, 1.54) is 5.56 Å². The third kappa shape index (κ3) is 6.90. The minimum absolute atomic E-state index is 0.266. The van der Waals surface area contributed by atoms with Crippen molar-refractivity contribution in [2.45, 2.75) is 64.3 Å². The Hall–Kier alpha value is -0.903. The first-order chi connectivity index (χ1) is 10.2. The average molecular weight is 321 g/mol. The summed E-state index contributed by atoms with van der Waals surface area (Å²) in [5.74, 6) is 0. The number of hydrogen-bond acceptors (Lipinski definition) is 2. The van der Waals surface area contributed by atoms with E-state index in [-0.39, 0.29) is 11.1 Å². The quantitative estimate of drug-likeness (QED) is 0.417. The highest BCUT2D eigenvalue weighted by molar-refractivity contribution is 6.74. The van der Waals surface area contributed by atoms with Gasteiger partial charge in [-0.05, 0) is 43.0 Å². The largest absolute Gasteiger partial charge is 0.417 e. The van der Waals surface area contributed by atoms with Crippen molar-refractivity contribution in [3.63, 3.8) is 0 Å². The first kappa shape index (κ1) is 19.1. The van der Waals surface area contributed by atoms with Gasteiger partial charge in [0.2, 0.25) is 0 Å². The van der Waals surface area contributed by atoms with Crippen molar-refractivity contribution in [2.24, 2.45) is 0 Å². The Balaban J connectivity index is 2.21. The maximum Gasteiger partial charge on any atom is 0.191 e. The minimum Gasteiger partial charge on any atom is -0.417 e. The molecule has 1 N–H and O–H groups in total. The fourth-order valence-electron chi connectivity index (χ4n) is 1.94. The molecule has 0 aliphatic heterocycles. The van der Waals surface area contributed by atoms with E-state index in [1.807, 2.05) is 18.2 Å². The molecule has 0 bridgehead atoms. The molecule has 0 heterocycles. The molecule has 0 aliphatic carbocycles. The lowest BCUT2D eigenvalue weighted by Gasteiger charge is -2.36. The lowest BCUT2D eigenvalue weighted by atomic mass is 10.1. The number of benzene rings is 1. The fourth-order valence-corrected chi connectivity index (χ4v) is 3.00. The Labute approximate surface area is 137 Å². The Morgan fingerprint density at radius 1 is 1.14 bits per heavy atom. The third-order valence-electron chi connectivity index (χ3n) is 4.44. The van der Waals surface area contributed by atoms with Crippen molar-refractivity contribution in [2.75, 3.05) is 6.61 Å². The van der Waals surface area contributed by atoms with Gasteiger partial charge in [-0.1, -0.05) is 63.3 Å². The zero-order chi connectivity index (χ0) is 16.6. The van der Waals surface area contributed by atoms with Crippen molar-refractivity contribution in [3.8, 4) is 0 Å². The van der Waals surface area contributed by atoms with Gasteiger partial charge in [0, 0.05) is 6.61 Å². The minimum atomic E-state index is -1.62. The lowest BCUT2D eigenvalue weighted by Crippen LogP contribution is -2.40. The fraction of sp³-hybridized carbons (Fsp3) is 0.579. The summed E-state index contributed by atoms with van der Waals surface area (Å²) in [5.41, 5.74) is 1.18. The van der Waals surface area contributed by atoms with Crippen LogP contribution in [0.15, 0.2) is 42.5 Å². The summed E-state index contributed by atoms with van der Waals surface area (Å²) < 4.78 is 6.12. The molecule has 1 rings (SSSR count). The summed E-state index contributed by atoms with van der Waals surface area (Å²) in [6, 6.07) is 10.1. The molecule has 0 aliphatic rings. The Kier molecular flexibility index (Phi) is 7.53. The highest BCUT2D eigenvalue weighted by Crippen LogP contribution is 2.36. The van der Waals surface area contributed by atoms with Gasteiger partial charge < -0.3 is 9.53 Å². The van der Waals surface area contributed by atoms with Crippen LogP contribution >= 0.6 is 0 Å². The SMILES string of the molecule is CC(C)(C)[Si](C)(C)OCC/C=C/CC(O)Cc1ccccc1. The van der Waals surface area contributed by atoms with Gasteiger partial charge in [-0.3, -0.25) is 0 Å². The second-order valence-electron chi connectivity index (χ2n) is 7.45. The zero-order valence-electron chi connectivity index (χ0n) is 14.8. The Bertz CT molecular complexity index is 446. The summed E-state index contributed by atoms with van der Waals surface area (Å²) in [7, 11) is -1.62. The monoisotopic (exact) mass is 320 g/mol. The predicted molar refractivity (Wildman–Crippen MR) is 97.7 cm³/mol. The van der Waals surface area contributed by atoms with Crippen LogP contribution < -0.4 is 0 Å². The van der Waals surface area contributed by atoms with Gasteiger partial charge in [0.25, 0.3) is 0 Å². The highest BCUT2D eigenvalue weighted by Gasteiger charge is 2.36. The normalized spacial score (nSPS) is 14.5. The molecule has 0 amide bonds. The van der Waals surface area contributed by atoms with Gasteiger partial charge in [-0.2, -0.15) is 0 Å². The van der Waals surface area contributed by atoms with Crippen molar-refractivity contribution in [3.05, 3.63) is 48.0 Å². The summed E-state index contributed by atoms with van der Waals surface area (Å²) in [5, 5.41) is 10.3. The molecule has 1 aromatic rings. The summed E-state index contributed by atoms with van der Waals surface area (Å²) in [6.45, 7) is 12.1. The molecule has 1 unspecified atom stereocenters. The summed E-state index contributed by atoms with van der Waals surface area (Å²) in [4.78, 5) is 0. The second-order valence-corrected chi connectivity index (χ2v) is 12.3. The lowest BCUT2D eigenvalue weighted by molar-refractivity contribution is 0.178. The van der Waals surface area contributed by atoms with Crippen LogP contribution in [-0.4, -0.2) is 26.1 Å². The van der Waals surface area contributed by atoms with Crippen molar-refractivity contribution >= 4 is 8.32 Å². The second kappa shape index (κ2) is 8.66. The molecule has 22 heavy (non-hydrogen) atoms. The molecule has 2 nitrogen and oxygen atoms in total. The van der Waals surface area contributed by atoms with E-state index in [9.17, 15) is 5.11 Å². The maximum atomic E-state index is 10.0. The van der Waals surface area contributed by atoms with E-state index in [0.717, 1.165) is 13.0 Å². The van der Waals surface area contributed by atoms with Gasteiger partial charge in [-0.25, -0.2) is 0 Å². The van der Waals surface area contributed by atoms with E-state index in [2.05, 4.69) is 58.2 Å². The molecule has 0 fully saturated rings. The molecular formula is C19H32O2Si. The van der Waals surface area contributed by atoms with E-state index in [4.69, 9.17) is 4.43 Å². The van der Waals surface area contributed by atoms with Crippen LogP contribution in [0.4, 0.5) is 0 Å². The predicted octanol–water partition coefficient (Wildman–Crippen LogP) is 4.95. The average Bonchev–Trinajstić information content (AvgIpc) is 2.42. The van der Waals surface area contributed by atoms with E-state index in [0.29, 0.717) is 12.8 Å². The molecule has 0 spiro atoms. The van der Waals surface area contributed by atoms with E-state index < -0.39 is 8.32 Å². The van der Waals surface area contributed by atoms with Crippen LogP contribution in [0.25, 0.3) is 0 Å². The van der Waals surface area contributed by atoms with Crippen LogP contribution in [0.1, 0.15) is 39.2 Å². The summed E-state index contributed by atoms with van der Waals surface area (Å²) >= 11 is 0. The third-order valence-corrected chi connectivity index (χ3v) is 8.98. The van der Waals surface area contributed by atoms with Crippen molar-refractivity contribution in [1.82, 2.24) is 0 Å². The van der Waals surface area contributed by atoms with Crippen LogP contribution in [-0.2, 0) is 10.8 Å². The number of aliphatic hydroxyl groups excluding tert-OH is 1. The molecule has 0 saturated carbocycles. The van der Waals surface area contributed by atoms with Crippen LogP contribution in [0.3, 0.4) is 0 Å². The smallest absolute Gasteiger partial charge is 0.191 e. The van der Waals surface area contributed by atoms with Gasteiger partial charge in [0.05, 0.1) is 6.10 Å². The van der Waals surface area contributed by atoms with Crippen molar-refractivity contribution < 1.29 is 9.53 Å². The number of hydrogen-bond donors (Lipinski definition) is 1. The molecule has 1 atom stereocenters.